The highest BCUT2D eigenvalue weighted by atomic mass is 14.7. The van der Waals surface area contributed by atoms with E-state index in [0.717, 1.165) is 22.4 Å². The van der Waals surface area contributed by atoms with Crippen molar-refractivity contribution in [3.8, 4) is 6.07 Å². The Bertz CT molecular complexity index is 909. The van der Waals surface area contributed by atoms with Gasteiger partial charge in [-0.15, -0.1) is 0 Å². The van der Waals surface area contributed by atoms with Gasteiger partial charge in [-0.05, 0) is 81.9 Å². The van der Waals surface area contributed by atoms with Gasteiger partial charge in [-0.2, -0.15) is 5.26 Å². The fourth-order valence-electron chi connectivity index (χ4n) is 3.24. The van der Waals surface area contributed by atoms with Crippen LogP contribution in [-0.4, -0.2) is 6.21 Å². The van der Waals surface area contributed by atoms with Crippen LogP contribution < -0.4 is 0 Å². The molecule has 2 nitrogen and oxygen atoms in total. The van der Waals surface area contributed by atoms with Crippen molar-refractivity contribution in [1.82, 2.24) is 0 Å². The third-order valence-corrected chi connectivity index (χ3v) is 4.74. The van der Waals surface area contributed by atoms with E-state index >= 15 is 0 Å². The molecule has 0 aliphatic rings. The minimum Gasteiger partial charge on any atom is -0.261 e. The van der Waals surface area contributed by atoms with Gasteiger partial charge in [-0.1, -0.05) is 36.4 Å². The first-order chi connectivity index (χ1) is 12.2. The Hall–Kier alpha value is -2.66. The van der Waals surface area contributed by atoms with Crippen LogP contribution in [0, 0.1) is 37.5 Å². The van der Waals surface area contributed by atoms with E-state index in [1.54, 1.807) is 6.21 Å². The van der Waals surface area contributed by atoms with Gasteiger partial charge in [-0.25, -0.2) is 0 Å². The molecule has 0 unspecified atom stereocenters. The van der Waals surface area contributed by atoms with Crippen molar-refractivity contribution in [1.29, 1.82) is 5.26 Å². The Morgan fingerprint density at radius 2 is 1.85 bits per heavy atom. The Balaban J connectivity index is 2.53. The molecule has 2 heteroatoms. The maximum atomic E-state index is 9.31. The standard InChI is InChI=1S/C24H28N2/c1-8-26-23-13-20(14-24(6,7)15-25)9-10-21(23)19(5)22-12-16(2)11-17(3)18(22)4/h8-13H,5,14H2,1-4,6-7H3/b26-8-. The second-order valence-electron chi connectivity index (χ2n) is 7.64. The highest BCUT2D eigenvalue weighted by Crippen LogP contribution is 2.35. The van der Waals surface area contributed by atoms with E-state index in [1.807, 2.05) is 20.8 Å². The average Bonchev–Trinajstić information content (AvgIpc) is 2.58. The molecule has 0 heterocycles. The Kier molecular flexibility index (Phi) is 5.83. The van der Waals surface area contributed by atoms with Gasteiger partial charge in [0.15, 0.2) is 0 Å². The van der Waals surface area contributed by atoms with Gasteiger partial charge in [0.25, 0.3) is 0 Å². The summed E-state index contributed by atoms with van der Waals surface area (Å²) in [5.41, 5.74) is 8.58. The number of nitriles is 1. The average molecular weight is 345 g/mol. The van der Waals surface area contributed by atoms with E-state index in [2.05, 4.69) is 68.7 Å². The molecule has 26 heavy (non-hydrogen) atoms. The zero-order valence-electron chi connectivity index (χ0n) is 16.8. The van der Waals surface area contributed by atoms with E-state index in [0.29, 0.717) is 6.42 Å². The van der Waals surface area contributed by atoms with E-state index in [4.69, 9.17) is 0 Å². The molecule has 134 valence electrons. The van der Waals surface area contributed by atoms with Gasteiger partial charge >= 0.3 is 0 Å². The molecule has 0 saturated carbocycles. The first kappa shape index (κ1) is 19.7. The van der Waals surface area contributed by atoms with E-state index in [1.165, 1.54) is 22.3 Å². The maximum Gasteiger partial charge on any atom is 0.0706 e. The number of nitrogens with zero attached hydrogens (tertiary/aromatic N) is 2. The SMILES string of the molecule is C=C(c1ccc(CC(C)(C)C#N)cc1/N=C\C)c1cc(C)cc(C)c1C. The molecular weight excluding hydrogens is 316 g/mol. The summed E-state index contributed by atoms with van der Waals surface area (Å²) < 4.78 is 0. The van der Waals surface area contributed by atoms with Crippen molar-refractivity contribution >= 4 is 17.5 Å². The second-order valence-corrected chi connectivity index (χ2v) is 7.64. The Labute approximate surface area is 157 Å². The fourth-order valence-corrected chi connectivity index (χ4v) is 3.24. The third-order valence-electron chi connectivity index (χ3n) is 4.74. The largest absolute Gasteiger partial charge is 0.261 e. The minimum atomic E-state index is -0.393. The van der Waals surface area contributed by atoms with Crippen molar-refractivity contribution in [2.75, 3.05) is 0 Å². The summed E-state index contributed by atoms with van der Waals surface area (Å²) >= 11 is 0. The third kappa shape index (κ3) is 4.29. The molecule has 0 aromatic heterocycles. The summed E-state index contributed by atoms with van der Waals surface area (Å²) in [5.74, 6) is 0. The van der Waals surface area contributed by atoms with Crippen molar-refractivity contribution in [2.24, 2.45) is 10.4 Å². The van der Waals surface area contributed by atoms with Gasteiger partial charge < -0.3 is 0 Å². The van der Waals surface area contributed by atoms with Gasteiger partial charge in [0.1, 0.15) is 0 Å². The highest BCUT2D eigenvalue weighted by molar-refractivity contribution is 5.86. The summed E-state index contributed by atoms with van der Waals surface area (Å²) in [4.78, 5) is 4.58. The topological polar surface area (TPSA) is 36.1 Å². The molecule has 0 N–H and O–H groups in total. The van der Waals surface area contributed by atoms with Gasteiger partial charge in [0.2, 0.25) is 0 Å². The molecule has 0 aliphatic carbocycles. The summed E-state index contributed by atoms with van der Waals surface area (Å²) in [7, 11) is 0. The lowest BCUT2D eigenvalue weighted by Gasteiger charge is -2.18. The summed E-state index contributed by atoms with van der Waals surface area (Å²) in [6.07, 6.45) is 2.50. The molecule has 0 amide bonds. The van der Waals surface area contributed by atoms with Crippen LogP contribution in [0.2, 0.25) is 0 Å². The zero-order valence-corrected chi connectivity index (χ0v) is 16.8. The molecule has 2 aromatic carbocycles. The van der Waals surface area contributed by atoms with Crippen LogP contribution in [0.1, 0.15) is 54.2 Å². The first-order valence-corrected chi connectivity index (χ1v) is 8.99. The van der Waals surface area contributed by atoms with Gasteiger partial charge in [-0.3, -0.25) is 4.99 Å². The van der Waals surface area contributed by atoms with Crippen molar-refractivity contribution < 1.29 is 0 Å². The molecule has 0 bridgehead atoms. The quantitative estimate of drug-likeness (QED) is 0.571. The molecular formula is C24H28N2. The molecule has 0 fully saturated rings. The number of aryl methyl sites for hydroxylation is 2. The predicted molar refractivity (Wildman–Crippen MR) is 112 cm³/mol. The summed E-state index contributed by atoms with van der Waals surface area (Å²) in [5, 5.41) is 9.31. The summed E-state index contributed by atoms with van der Waals surface area (Å²) in [6.45, 7) is 16.6. The number of aliphatic imine (C=N–C) groups is 1. The molecule has 0 aliphatic heterocycles. The van der Waals surface area contributed by atoms with Crippen LogP contribution in [0.25, 0.3) is 5.57 Å². The van der Waals surface area contributed by atoms with E-state index in [9.17, 15) is 5.26 Å². The van der Waals surface area contributed by atoms with Crippen molar-refractivity contribution in [3.63, 3.8) is 0 Å². The fraction of sp³-hybridized carbons (Fsp3) is 0.333. The van der Waals surface area contributed by atoms with Gasteiger partial charge in [0, 0.05) is 11.8 Å². The molecule has 2 rings (SSSR count). The van der Waals surface area contributed by atoms with Crippen LogP contribution in [-0.2, 0) is 6.42 Å². The maximum absolute atomic E-state index is 9.31. The number of rotatable bonds is 5. The monoisotopic (exact) mass is 344 g/mol. The second kappa shape index (κ2) is 7.70. The Morgan fingerprint density at radius 1 is 1.15 bits per heavy atom. The smallest absolute Gasteiger partial charge is 0.0706 e. The van der Waals surface area contributed by atoms with Crippen molar-refractivity contribution in [3.05, 3.63) is 70.3 Å². The van der Waals surface area contributed by atoms with Crippen LogP contribution in [0.4, 0.5) is 5.69 Å². The first-order valence-electron chi connectivity index (χ1n) is 8.99. The number of hydrogen-bond acceptors (Lipinski definition) is 2. The lowest BCUT2D eigenvalue weighted by Crippen LogP contribution is -2.11. The molecule has 2 aromatic rings. The lowest BCUT2D eigenvalue weighted by atomic mass is 9.85. The predicted octanol–water partition coefficient (Wildman–Crippen LogP) is 6.49. The van der Waals surface area contributed by atoms with Gasteiger partial charge in [0.05, 0.1) is 17.2 Å². The molecule has 0 saturated heterocycles. The highest BCUT2D eigenvalue weighted by Gasteiger charge is 2.19. The lowest BCUT2D eigenvalue weighted by molar-refractivity contribution is 0.493. The zero-order chi connectivity index (χ0) is 19.5. The van der Waals surface area contributed by atoms with E-state index < -0.39 is 5.41 Å². The van der Waals surface area contributed by atoms with Crippen LogP contribution in [0.5, 0.6) is 0 Å². The molecule has 0 atom stereocenters. The van der Waals surface area contributed by atoms with E-state index in [-0.39, 0.29) is 0 Å². The van der Waals surface area contributed by atoms with Crippen LogP contribution in [0.15, 0.2) is 41.9 Å². The van der Waals surface area contributed by atoms with Crippen molar-refractivity contribution in [2.45, 2.75) is 48.0 Å². The normalized spacial score (nSPS) is 11.6. The minimum absolute atomic E-state index is 0.393. The van der Waals surface area contributed by atoms with Crippen LogP contribution >= 0.6 is 0 Å². The van der Waals surface area contributed by atoms with Crippen LogP contribution in [0.3, 0.4) is 0 Å². The molecule has 0 radical (unpaired) electrons. The number of hydrogen-bond donors (Lipinski definition) is 0. The summed E-state index contributed by atoms with van der Waals surface area (Å²) in [6, 6.07) is 13.0. The Morgan fingerprint density at radius 3 is 2.46 bits per heavy atom. The molecule has 0 spiro atoms. The number of benzene rings is 2.